The van der Waals surface area contributed by atoms with Crippen LogP contribution in [0.2, 0.25) is 0 Å². The number of anilines is 1. The minimum atomic E-state index is -1.03. The molecule has 33 heavy (non-hydrogen) atoms. The highest BCUT2D eigenvalue weighted by molar-refractivity contribution is 7.99. The molecular formula is C23H25N5O4S. The Labute approximate surface area is 195 Å². The van der Waals surface area contributed by atoms with Crippen molar-refractivity contribution in [1.29, 1.82) is 0 Å². The number of carbonyl (C=O) groups excluding carboxylic acids is 2. The first kappa shape index (κ1) is 24.0. The zero-order valence-electron chi connectivity index (χ0n) is 18.5. The average Bonchev–Trinajstić information content (AvgIpc) is 3.21. The van der Waals surface area contributed by atoms with Gasteiger partial charge in [-0.3, -0.25) is 9.59 Å². The molecule has 2 amide bonds. The number of aromatic carboxylic acids is 1. The molecule has 0 saturated carbocycles. The summed E-state index contributed by atoms with van der Waals surface area (Å²) in [4.78, 5) is 35.8. The summed E-state index contributed by atoms with van der Waals surface area (Å²) in [5, 5.41) is 23.6. The van der Waals surface area contributed by atoms with Crippen LogP contribution in [0.25, 0.3) is 0 Å². The molecule has 0 saturated heterocycles. The lowest BCUT2D eigenvalue weighted by Crippen LogP contribution is -2.28. The Morgan fingerprint density at radius 1 is 1.03 bits per heavy atom. The second-order valence-electron chi connectivity index (χ2n) is 7.37. The largest absolute Gasteiger partial charge is 0.478 e. The summed E-state index contributed by atoms with van der Waals surface area (Å²) in [6, 6.07) is 12.9. The van der Waals surface area contributed by atoms with Crippen molar-refractivity contribution in [2.45, 2.75) is 38.5 Å². The number of carboxylic acids is 1. The van der Waals surface area contributed by atoms with Crippen molar-refractivity contribution < 1.29 is 19.5 Å². The Hall–Kier alpha value is -3.66. The van der Waals surface area contributed by atoms with Gasteiger partial charge in [0.25, 0.3) is 5.91 Å². The van der Waals surface area contributed by atoms with Crippen molar-refractivity contribution in [2.75, 3.05) is 11.1 Å². The molecule has 1 heterocycles. The van der Waals surface area contributed by atoms with Gasteiger partial charge in [-0.05, 0) is 57.2 Å². The van der Waals surface area contributed by atoms with Crippen LogP contribution < -0.4 is 10.6 Å². The van der Waals surface area contributed by atoms with Gasteiger partial charge in [-0.15, -0.1) is 10.2 Å². The van der Waals surface area contributed by atoms with Crippen molar-refractivity contribution in [3.63, 3.8) is 0 Å². The first-order valence-corrected chi connectivity index (χ1v) is 11.3. The lowest BCUT2D eigenvalue weighted by atomic mass is 10.1. The second-order valence-corrected chi connectivity index (χ2v) is 8.31. The van der Waals surface area contributed by atoms with Gasteiger partial charge in [-0.1, -0.05) is 29.5 Å². The number of benzene rings is 2. The van der Waals surface area contributed by atoms with E-state index in [1.54, 1.807) is 12.1 Å². The number of hydrogen-bond acceptors (Lipinski definition) is 6. The van der Waals surface area contributed by atoms with Gasteiger partial charge in [-0.2, -0.15) is 0 Å². The smallest absolute Gasteiger partial charge is 0.335 e. The summed E-state index contributed by atoms with van der Waals surface area (Å²) in [5.74, 6) is -0.776. The first-order valence-electron chi connectivity index (χ1n) is 10.3. The van der Waals surface area contributed by atoms with Crippen molar-refractivity contribution in [1.82, 2.24) is 20.1 Å². The van der Waals surface area contributed by atoms with E-state index in [1.807, 2.05) is 37.5 Å². The molecule has 0 bridgehead atoms. The van der Waals surface area contributed by atoms with Gasteiger partial charge in [0.1, 0.15) is 0 Å². The van der Waals surface area contributed by atoms with Crippen LogP contribution in [0.1, 0.15) is 52.0 Å². The Bertz CT molecular complexity index is 1140. The quantitative estimate of drug-likeness (QED) is 0.411. The molecule has 0 spiro atoms. The maximum absolute atomic E-state index is 12.5. The second kappa shape index (κ2) is 10.8. The SMILES string of the molecule is CCn1c(SCC(=O)Nc2ccc(C(=O)O)cc2)nnc1C(C)NC(=O)c1ccc(C)cc1. The van der Waals surface area contributed by atoms with Crippen LogP contribution >= 0.6 is 11.8 Å². The maximum atomic E-state index is 12.5. The molecule has 3 aromatic rings. The van der Waals surface area contributed by atoms with Crippen molar-refractivity contribution in [3.8, 4) is 0 Å². The minimum absolute atomic E-state index is 0.100. The van der Waals surface area contributed by atoms with Crippen LogP contribution in [-0.2, 0) is 11.3 Å². The fraction of sp³-hybridized carbons (Fsp3) is 0.261. The number of nitrogens with zero attached hydrogens (tertiary/aromatic N) is 3. The van der Waals surface area contributed by atoms with Crippen molar-refractivity contribution in [2.24, 2.45) is 0 Å². The summed E-state index contributed by atoms with van der Waals surface area (Å²) in [6.45, 7) is 6.32. The molecule has 1 atom stereocenters. The van der Waals surface area contributed by atoms with Gasteiger partial charge in [0.05, 0.1) is 17.4 Å². The van der Waals surface area contributed by atoms with E-state index in [0.29, 0.717) is 28.8 Å². The zero-order valence-corrected chi connectivity index (χ0v) is 19.3. The van der Waals surface area contributed by atoms with Crippen LogP contribution in [-0.4, -0.2) is 43.4 Å². The number of rotatable bonds is 9. The Balaban J connectivity index is 1.60. The summed E-state index contributed by atoms with van der Waals surface area (Å²) >= 11 is 1.23. The topological polar surface area (TPSA) is 126 Å². The van der Waals surface area contributed by atoms with Crippen LogP contribution in [0.5, 0.6) is 0 Å². The molecule has 9 nitrogen and oxygen atoms in total. The fourth-order valence-corrected chi connectivity index (χ4v) is 3.91. The number of hydrogen-bond donors (Lipinski definition) is 3. The highest BCUT2D eigenvalue weighted by Gasteiger charge is 2.20. The summed E-state index contributed by atoms with van der Waals surface area (Å²) in [5.41, 5.74) is 2.30. The highest BCUT2D eigenvalue weighted by atomic mass is 32.2. The molecule has 3 N–H and O–H groups in total. The zero-order chi connectivity index (χ0) is 24.0. The van der Waals surface area contributed by atoms with Crippen LogP contribution in [0.15, 0.2) is 53.7 Å². The molecule has 0 radical (unpaired) electrons. The Morgan fingerprint density at radius 2 is 1.67 bits per heavy atom. The highest BCUT2D eigenvalue weighted by Crippen LogP contribution is 2.21. The van der Waals surface area contributed by atoms with E-state index in [4.69, 9.17) is 5.11 Å². The van der Waals surface area contributed by atoms with Crippen molar-refractivity contribution >= 4 is 35.2 Å². The molecule has 1 unspecified atom stereocenters. The average molecular weight is 468 g/mol. The number of carbonyl (C=O) groups is 3. The van der Waals surface area contributed by atoms with E-state index >= 15 is 0 Å². The number of carboxylic acid groups (broad SMARTS) is 1. The lowest BCUT2D eigenvalue weighted by molar-refractivity contribution is -0.113. The minimum Gasteiger partial charge on any atom is -0.478 e. The molecule has 3 rings (SSSR count). The Morgan fingerprint density at radius 3 is 2.27 bits per heavy atom. The van der Waals surface area contributed by atoms with E-state index in [2.05, 4.69) is 20.8 Å². The first-order chi connectivity index (χ1) is 15.8. The number of nitrogens with one attached hydrogen (secondary N) is 2. The third-order valence-electron chi connectivity index (χ3n) is 4.86. The standard InChI is InChI=1S/C23H25N5O4S/c1-4-28-20(15(3)24-21(30)16-7-5-14(2)6-8-16)26-27-23(28)33-13-19(29)25-18-11-9-17(10-12-18)22(31)32/h5-12,15H,4,13H2,1-3H3,(H,24,30)(H,25,29)(H,31,32). The maximum Gasteiger partial charge on any atom is 0.335 e. The van der Waals surface area contributed by atoms with Gasteiger partial charge in [0.2, 0.25) is 5.91 Å². The van der Waals surface area contributed by atoms with Gasteiger partial charge in [-0.25, -0.2) is 4.79 Å². The third kappa shape index (κ3) is 6.19. The summed E-state index contributed by atoms with van der Waals surface area (Å²) in [7, 11) is 0. The van der Waals surface area contributed by atoms with E-state index in [-0.39, 0.29) is 29.2 Å². The molecule has 0 aliphatic carbocycles. The van der Waals surface area contributed by atoms with Crippen LogP contribution in [0.4, 0.5) is 5.69 Å². The number of aromatic nitrogens is 3. The Kier molecular flexibility index (Phi) is 7.83. The van der Waals surface area contributed by atoms with E-state index in [1.165, 1.54) is 36.0 Å². The number of aryl methyl sites for hydroxylation is 1. The summed E-state index contributed by atoms with van der Waals surface area (Å²) < 4.78 is 1.86. The molecule has 10 heteroatoms. The normalized spacial score (nSPS) is 11.6. The van der Waals surface area contributed by atoms with E-state index in [9.17, 15) is 14.4 Å². The van der Waals surface area contributed by atoms with Gasteiger partial charge >= 0.3 is 5.97 Å². The number of thioether (sulfide) groups is 1. The predicted molar refractivity (Wildman–Crippen MR) is 126 cm³/mol. The molecule has 0 aliphatic rings. The van der Waals surface area contributed by atoms with Crippen LogP contribution in [0, 0.1) is 6.92 Å². The van der Waals surface area contributed by atoms with E-state index in [0.717, 1.165) is 5.56 Å². The van der Waals surface area contributed by atoms with Gasteiger partial charge in [0.15, 0.2) is 11.0 Å². The fourth-order valence-electron chi connectivity index (χ4n) is 3.10. The molecule has 0 fully saturated rings. The van der Waals surface area contributed by atoms with Gasteiger partial charge in [0, 0.05) is 17.8 Å². The molecule has 1 aromatic heterocycles. The monoisotopic (exact) mass is 467 g/mol. The van der Waals surface area contributed by atoms with Crippen LogP contribution in [0.3, 0.4) is 0 Å². The number of amides is 2. The third-order valence-corrected chi connectivity index (χ3v) is 5.83. The lowest BCUT2D eigenvalue weighted by Gasteiger charge is -2.15. The van der Waals surface area contributed by atoms with E-state index < -0.39 is 5.97 Å². The molecule has 0 aliphatic heterocycles. The summed E-state index contributed by atoms with van der Waals surface area (Å²) in [6.07, 6.45) is 0. The molecule has 2 aromatic carbocycles. The molecular weight excluding hydrogens is 442 g/mol. The van der Waals surface area contributed by atoms with Crippen molar-refractivity contribution in [3.05, 3.63) is 71.0 Å². The predicted octanol–water partition coefficient (Wildman–Crippen LogP) is 3.53. The molecule has 172 valence electrons. The van der Waals surface area contributed by atoms with Gasteiger partial charge < -0.3 is 20.3 Å².